The molecular weight excluding hydrogens is 254 g/mol. The van der Waals surface area contributed by atoms with E-state index in [0.717, 1.165) is 6.42 Å². The molecule has 0 aromatic heterocycles. The Morgan fingerprint density at radius 2 is 1.95 bits per heavy atom. The summed E-state index contributed by atoms with van der Waals surface area (Å²) < 4.78 is 11.0. The van der Waals surface area contributed by atoms with Gasteiger partial charge in [-0.15, -0.1) is 6.58 Å². The summed E-state index contributed by atoms with van der Waals surface area (Å²) in [4.78, 5) is 13.9. The number of likely N-dealkylation sites (N-methyl/N-ethyl adjacent to an activating group) is 1. The maximum atomic E-state index is 12.3. The molecular formula is C16H31NO3. The van der Waals surface area contributed by atoms with Crippen molar-refractivity contribution in [2.45, 2.75) is 65.2 Å². The average molecular weight is 285 g/mol. The molecule has 0 saturated heterocycles. The summed E-state index contributed by atoms with van der Waals surface area (Å²) in [7, 11) is 3.45. The van der Waals surface area contributed by atoms with Gasteiger partial charge in [0.05, 0.1) is 12.1 Å². The van der Waals surface area contributed by atoms with Gasteiger partial charge in [-0.1, -0.05) is 26.3 Å². The number of hydrogen-bond acceptors (Lipinski definition) is 3. The molecule has 20 heavy (non-hydrogen) atoms. The van der Waals surface area contributed by atoms with Gasteiger partial charge in [0.15, 0.2) is 0 Å². The molecule has 0 bridgehead atoms. The zero-order valence-electron chi connectivity index (χ0n) is 14.1. The first-order valence-electron chi connectivity index (χ1n) is 7.27. The van der Waals surface area contributed by atoms with Crippen LogP contribution in [-0.2, 0) is 9.47 Å². The number of amides is 1. The van der Waals surface area contributed by atoms with Gasteiger partial charge in [-0.25, -0.2) is 4.79 Å². The molecule has 4 nitrogen and oxygen atoms in total. The lowest BCUT2D eigenvalue weighted by Crippen LogP contribution is -2.50. The number of ether oxygens (including phenoxy) is 2. The fourth-order valence-corrected chi connectivity index (χ4v) is 2.23. The van der Waals surface area contributed by atoms with Gasteiger partial charge in [0.2, 0.25) is 0 Å². The highest BCUT2D eigenvalue weighted by Crippen LogP contribution is 2.23. The quantitative estimate of drug-likeness (QED) is 0.667. The third-order valence-corrected chi connectivity index (χ3v) is 3.44. The molecule has 4 heteroatoms. The molecule has 0 N–H and O–H groups in total. The van der Waals surface area contributed by atoms with E-state index in [9.17, 15) is 4.79 Å². The first-order valence-corrected chi connectivity index (χ1v) is 7.27. The maximum Gasteiger partial charge on any atom is 0.410 e. The highest BCUT2D eigenvalue weighted by atomic mass is 16.6. The number of carbonyl (C=O) groups excluding carboxylic acids is 1. The Bertz CT molecular complexity index is 309. The van der Waals surface area contributed by atoms with Crippen molar-refractivity contribution in [3.8, 4) is 0 Å². The van der Waals surface area contributed by atoms with Crippen molar-refractivity contribution < 1.29 is 14.3 Å². The van der Waals surface area contributed by atoms with Crippen LogP contribution in [0.2, 0.25) is 0 Å². The van der Waals surface area contributed by atoms with Gasteiger partial charge >= 0.3 is 6.09 Å². The van der Waals surface area contributed by atoms with E-state index in [1.807, 2.05) is 26.8 Å². The number of rotatable bonds is 7. The highest BCUT2D eigenvalue weighted by molar-refractivity contribution is 5.68. The van der Waals surface area contributed by atoms with E-state index in [1.165, 1.54) is 0 Å². The second kappa shape index (κ2) is 8.30. The summed E-state index contributed by atoms with van der Waals surface area (Å²) in [5.74, 6) is 0.317. The average Bonchev–Trinajstić information content (AvgIpc) is 2.35. The zero-order valence-corrected chi connectivity index (χ0v) is 14.1. The van der Waals surface area contributed by atoms with E-state index in [0.29, 0.717) is 12.3 Å². The van der Waals surface area contributed by atoms with Crippen LogP contribution in [-0.4, -0.2) is 42.9 Å². The molecule has 0 heterocycles. The minimum absolute atomic E-state index is 0.0298. The summed E-state index contributed by atoms with van der Waals surface area (Å²) in [5, 5.41) is 0. The van der Waals surface area contributed by atoms with Gasteiger partial charge in [-0.3, -0.25) is 0 Å². The molecule has 0 radical (unpaired) electrons. The Hall–Kier alpha value is -1.03. The third kappa shape index (κ3) is 5.95. The first kappa shape index (κ1) is 19.0. The van der Waals surface area contributed by atoms with Gasteiger partial charge in [0.1, 0.15) is 5.60 Å². The number of nitrogens with zero attached hydrogens (tertiary/aromatic N) is 1. The Balaban J connectivity index is 5.10. The Labute approximate surface area is 124 Å². The fourth-order valence-electron chi connectivity index (χ4n) is 2.23. The van der Waals surface area contributed by atoms with Crippen molar-refractivity contribution in [2.75, 3.05) is 14.2 Å². The van der Waals surface area contributed by atoms with Gasteiger partial charge in [-0.05, 0) is 33.1 Å². The Morgan fingerprint density at radius 3 is 2.30 bits per heavy atom. The molecule has 118 valence electrons. The van der Waals surface area contributed by atoms with Crippen molar-refractivity contribution in [1.29, 1.82) is 0 Å². The van der Waals surface area contributed by atoms with Crippen LogP contribution >= 0.6 is 0 Å². The Morgan fingerprint density at radius 1 is 1.40 bits per heavy atom. The number of methoxy groups -OCH3 is 1. The van der Waals surface area contributed by atoms with Gasteiger partial charge in [0, 0.05) is 14.2 Å². The van der Waals surface area contributed by atoms with Crippen molar-refractivity contribution in [2.24, 2.45) is 5.92 Å². The second-order valence-electron chi connectivity index (χ2n) is 6.27. The molecule has 0 aliphatic heterocycles. The van der Waals surface area contributed by atoms with Crippen LogP contribution in [0.5, 0.6) is 0 Å². The predicted molar refractivity (Wildman–Crippen MR) is 82.9 cm³/mol. The monoisotopic (exact) mass is 285 g/mol. The van der Waals surface area contributed by atoms with Crippen molar-refractivity contribution in [3.63, 3.8) is 0 Å². The molecule has 0 aliphatic rings. The van der Waals surface area contributed by atoms with Gasteiger partial charge in [0.25, 0.3) is 0 Å². The lowest BCUT2D eigenvalue weighted by molar-refractivity contribution is -0.0225. The smallest absolute Gasteiger partial charge is 0.410 e. The standard InChI is InChI=1S/C16H31NO3/c1-9-11-13(19-8)14(12(3)10-2)17(7)15(18)20-16(4,5)6/h9,12-14H,1,10-11H2,2-8H3/t12-,13-,14+/m1/s1. The van der Waals surface area contributed by atoms with Crippen LogP contribution in [0.25, 0.3) is 0 Å². The fraction of sp³-hybridized carbons (Fsp3) is 0.812. The molecule has 3 atom stereocenters. The number of carbonyl (C=O) groups is 1. The third-order valence-electron chi connectivity index (χ3n) is 3.44. The van der Waals surface area contributed by atoms with Crippen molar-refractivity contribution >= 4 is 6.09 Å². The summed E-state index contributed by atoms with van der Waals surface area (Å²) in [5.41, 5.74) is -0.494. The minimum atomic E-state index is -0.494. The summed E-state index contributed by atoms with van der Waals surface area (Å²) >= 11 is 0. The van der Waals surface area contributed by atoms with Gasteiger partial charge < -0.3 is 14.4 Å². The highest BCUT2D eigenvalue weighted by Gasteiger charge is 2.33. The molecule has 0 aromatic rings. The molecule has 1 amide bonds. The lowest BCUT2D eigenvalue weighted by atomic mass is 9.91. The lowest BCUT2D eigenvalue weighted by Gasteiger charge is -2.38. The van der Waals surface area contributed by atoms with Crippen molar-refractivity contribution in [3.05, 3.63) is 12.7 Å². The van der Waals surface area contributed by atoms with E-state index < -0.39 is 5.60 Å². The molecule has 0 aromatic carbocycles. The molecule has 0 spiro atoms. The minimum Gasteiger partial charge on any atom is -0.444 e. The van der Waals surface area contributed by atoms with E-state index in [-0.39, 0.29) is 18.2 Å². The Kier molecular flexibility index (Phi) is 7.87. The second-order valence-corrected chi connectivity index (χ2v) is 6.27. The maximum absolute atomic E-state index is 12.3. The van der Waals surface area contributed by atoms with E-state index in [1.54, 1.807) is 19.1 Å². The molecule has 0 fully saturated rings. The largest absolute Gasteiger partial charge is 0.444 e. The van der Waals surface area contributed by atoms with E-state index in [4.69, 9.17) is 9.47 Å². The van der Waals surface area contributed by atoms with E-state index >= 15 is 0 Å². The predicted octanol–water partition coefficient (Wildman–Crippen LogP) is 3.86. The van der Waals surface area contributed by atoms with Gasteiger partial charge in [-0.2, -0.15) is 0 Å². The summed E-state index contributed by atoms with van der Waals surface area (Å²) in [6.07, 6.45) is 3.12. The SMILES string of the molecule is C=CC[C@@H](OC)[C@H]([C@H](C)CC)N(C)C(=O)OC(C)(C)C. The van der Waals surface area contributed by atoms with Crippen LogP contribution in [0, 0.1) is 5.92 Å². The molecule has 0 saturated carbocycles. The van der Waals surface area contributed by atoms with Crippen LogP contribution in [0.4, 0.5) is 4.79 Å². The molecule has 0 unspecified atom stereocenters. The molecule has 0 rings (SSSR count). The van der Waals surface area contributed by atoms with Crippen molar-refractivity contribution in [1.82, 2.24) is 4.90 Å². The number of hydrogen-bond donors (Lipinski definition) is 0. The summed E-state index contributed by atoms with van der Waals surface area (Å²) in [6.45, 7) is 13.6. The normalized spacial score (nSPS) is 16.1. The molecule has 0 aliphatic carbocycles. The van der Waals surface area contributed by atoms with E-state index in [2.05, 4.69) is 20.4 Å². The van der Waals surface area contributed by atoms with Crippen LogP contribution in [0.15, 0.2) is 12.7 Å². The van der Waals surface area contributed by atoms with Crippen LogP contribution in [0.1, 0.15) is 47.5 Å². The van der Waals surface area contributed by atoms with Crippen LogP contribution < -0.4 is 0 Å². The zero-order chi connectivity index (χ0) is 15.9. The topological polar surface area (TPSA) is 38.8 Å². The first-order chi connectivity index (χ1) is 9.17. The van der Waals surface area contributed by atoms with Crippen LogP contribution in [0.3, 0.4) is 0 Å². The summed E-state index contributed by atoms with van der Waals surface area (Å²) in [6, 6.07) is -0.0298.